The maximum atomic E-state index is 10.4. The third kappa shape index (κ3) is 3.74. The molecule has 1 saturated heterocycles. The zero-order valence-corrected chi connectivity index (χ0v) is 7.74. The van der Waals surface area contributed by atoms with Crippen molar-refractivity contribution in [2.75, 3.05) is 13.2 Å². The summed E-state index contributed by atoms with van der Waals surface area (Å²) in [5.74, 6) is -0.274. The molecule has 0 bridgehead atoms. The molecule has 1 heterocycles. The average Bonchev–Trinajstić information content (AvgIpc) is 2.56. The van der Waals surface area contributed by atoms with Crippen molar-refractivity contribution < 1.29 is 14.6 Å². The van der Waals surface area contributed by atoms with Gasteiger partial charge in [-0.25, -0.2) is 0 Å². The normalized spacial score (nSPS) is 24.5. The van der Waals surface area contributed by atoms with E-state index in [4.69, 9.17) is 15.6 Å². The maximum Gasteiger partial charge on any atom is 0.320 e. The summed E-state index contributed by atoms with van der Waals surface area (Å²) in [4.78, 5) is 10.4. The summed E-state index contributed by atoms with van der Waals surface area (Å²) in [7, 11) is 0. The molecule has 0 radical (unpaired) electrons. The van der Waals surface area contributed by atoms with Crippen molar-refractivity contribution in [1.29, 1.82) is 0 Å². The fraction of sp³-hybridized carbons (Fsp3) is 0.889. The Morgan fingerprint density at radius 1 is 1.69 bits per heavy atom. The highest BCUT2D eigenvalue weighted by atomic mass is 16.5. The lowest BCUT2D eigenvalue weighted by Crippen LogP contribution is -2.29. The van der Waals surface area contributed by atoms with Crippen LogP contribution in [0.4, 0.5) is 0 Å². The van der Waals surface area contributed by atoms with E-state index < -0.39 is 12.0 Å². The number of carboxylic acid groups (broad SMARTS) is 1. The van der Waals surface area contributed by atoms with Crippen LogP contribution in [-0.2, 0) is 9.53 Å². The fourth-order valence-corrected chi connectivity index (χ4v) is 1.56. The lowest BCUT2D eigenvalue weighted by Gasteiger charge is -2.08. The Balaban J connectivity index is 2.02. The van der Waals surface area contributed by atoms with Gasteiger partial charge < -0.3 is 15.6 Å². The van der Waals surface area contributed by atoms with E-state index in [0.717, 1.165) is 32.5 Å². The van der Waals surface area contributed by atoms with E-state index in [9.17, 15) is 4.79 Å². The Morgan fingerprint density at radius 3 is 3.00 bits per heavy atom. The van der Waals surface area contributed by atoms with Gasteiger partial charge in [0.15, 0.2) is 0 Å². The molecule has 76 valence electrons. The predicted octanol–water partition coefficient (Wildman–Crippen LogP) is 0.605. The molecule has 13 heavy (non-hydrogen) atoms. The molecule has 0 aromatic rings. The molecule has 4 heteroatoms. The summed E-state index contributed by atoms with van der Waals surface area (Å²) in [5, 5.41) is 8.52. The second-order valence-electron chi connectivity index (χ2n) is 3.61. The van der Waals surface area contributed by atoms with Crippen LogP contribution in [0.1, 0.15) is 25.7 Å². The van der Waals surface area contributed by atoms with Crippen LogP contribution in [0.2, 0.25) is 0 Å². The molecule has 1 aliphatic heterocycles. The van der Waals surface area contributed by atoms with Gasteiger partial charge in [-0.1, -0.05) is 6.42 Å². The molecule has 1 fully saturated rings. The van der Waals surface area contributed by atoms with Gasteiger partial charge in [0.1, 0.15) is 6.04 Å². The first-order valence-electron chi connectivity index (χ1n) is 4.76. The van der Waals surface area contributed by atoms with Crippen LogP contribution >= 0.6 is 0 Å². The summed E-state index contributed by atoms with van der Waals surface area (Å²) >= 11 is 0. The van der Waals surface area contributed by atoms with E-state index in [1.54, 1.807) is 0 Å². The van der Waals surface area contributed by atoms with Gasteiger partial charge in [-0.2, -0.15) is 0 Å². The fourth-order valence-electron chi connectivity index (χ4n) is 1.56. The topological polar surface area (TPSA) is 72.5 Å². The van der Waals surface area contributed by atoms with E-state index in [-0.39, 0.29) is 0 Å². The van der Waals surface area contributed by atoms with Gasteiger partial charge in [-0.3, -0.25) is 4.79 Å². The highest BCUT2D eigenvalue weighted by Crippen LogP contribution is 2.19. The second-order valence-corrected chi connectivity index (χ2v) is 3.61. The van der Waals surface area contributed by atoms with Gasteiger partial charge in [-0.15, -0.1) is 0 Å². The van der Waals surface area contributed by atoms with Crippen molar-refractivity contribution in [1.82, 2.24) is 0 Å². The Bertz CT molecular complexity index is 166. The molecule has 1 rings (SSSR count). The van der Waals surface area contributed by atoms with Crippen LogP contribution in [0.5, 0.6) is 0 Å². The highest BCUT2D eigenvalue weighted by molar-refractivity contribution is 5.72. The Morgan fingerprint density at radius 2 is 2.46 bits per heavy atom. The number of carboxylic acids is 1. The van der Waals surface area contributed by atoms with Crippen LogP contribution in [0.25, 0.3) is 0 Å². The van der Waals surface area contributed by atoms with Gasteiger partial charge in [0.25, 0.3) is 0 Å². The quantitative estimate of drug-likeness (QED) is 0.661. The lowest BCUT2D eigenvalue weighted by atomic mass is 9.99. The summed E-state index contributed by atoms with van der Waals surface area (Å²) in [6.07, 6.45) is 3.62. The van der Waals surface area contributed by atoms with E-state index in [1.807, 2.05) is 0 Å². The molecule has 0 amide bonds. The number of ether oxygens (including phenoxy) is 1. The smallest absolute Gasteiger partial charge is 0.320 e. The average molecular weight is 187 g/mol. The maximum absolute atomic E-state index is 10.4. The standard InChI is InChI=1S/C9H17NO3/c10-8(9(11)12)3-1-2-7-4-5-13-6-7/h7-8H,1-6,10H2,(H,11,12)/t7?,8-/m0/s1. The second kappa shape index (κ2) is 5.19. The van der Waals surface area contributed by atoms with E-state index in [2.05, 4.69) is 0 Å². The summed E-state index contributed by atoms with van der Waals surface area (Å²) in [5.41, 5.74) is 5.37. The number of rotatable bonds is 5. The molecule has 0 aromatic carbocycles. The van der Waals surface area contributed by atoms with Gasteiger partial charge in [-0.05, 0) is 25.2 Å². The Kier molecular flexibility index (Phi) is 4.18. The van der Waals surface area contributed by atoms with Crippen LogP contribution in [-0.4, -0.2) is 30.3 Å². The predicted molar refractivity (Wildman–Crippen MR) is 48.4 cm³/mol. The first-order chi connectivity index (χ1) is 6.20. The Labute approximate surface area is 78.1 Å². The van der Waals surface area contributed by atoms with Crippen molar-refractivity contribution in [3.05, 3.63) is 0 Å². The summed E-state index contributed by atoms with van der Waals surface area (Å²) < 4.78 is 5.21. The van der Waals surface area contributed by atoms with Crippen molar-refractivity contribution >= 4 is 5.97 Å². The monoisotopic (exact) mass is 187 g/mol. The first-order valence-corrected chi connectivity index (χ1v) is 4.76. The number of nitrogens with two attached hydrogens (primary N) is 1. The minimum absolute atomic E-state index is 0.575. The SMILES string of the molecule is N[C@@H](CCCC1CCOC1)C(=O)O. The zero-order valence-electron chi connectivity index (χ0n) is 7.74. The van der Waals surface area contributed by atoms with Crippen LogP contribution < -0.4 is 5.73 Å². The van der Waals surface area contributed by atoms with Crippen molar-refractivity contribution in [2.45, 2.75) is 31.7 Å². The van der Waals surface area contributed by atoms with Crippen molar-refractivity contribution in [3.63, 3.8) is 0 Å². The number of hydrogen-bond donors (Lipinski definition) is 2. The molecule has 0 spiro atoms. The zero-order chi connectivity index (χ0) is 9.68. The summed E-state index contributed by atoms with van der Waals surface area (Å²) in [6.45, 7) is 1.69. The molecule has 2 atom stereocenters. The molecule has 1 unspecified atom stereocenters. The Hall–Kier alpha value is -0.610. The van der Waals surface area contributed by atoms with E-state index in [1.165, 1.54) is 0 Å². The largest absolute Gasteiger partial charge is 0.480 e. The highest BCUT2D eigenvalue weighted by Gasteiger charge is 2.16. The van der Waals surface area contributed by atoms with Crippen molar-refractivity contribution in [2.24, 2.45) is 11.7 Å². The van der Waals surface area contributed by atoms with Gasteiger partial charge in [0, 0.05) is 13.2 Å². The molecule has 1 aliphatic rings. The van der Waals surface area contributed by atoms with E-state index in [0.29, 0.717) is 12.3 Å². The van der Waals surface area contributed by atoms with Crippen LogP contribution in [0, 0.1) is 5.92 Å². The minimum Gasteiger partial charge on any atom is -0.480 e. The van der Waals surface area contributed by atoms with Crippen molar-refractivity contribution in [3.8, 4) is 0 Å². The molecular weight excluding hydrogens is 170 g/mol. The third-order valence-electron chi connectivity index (χ3n) is 2.47. The third-order valence-corrected chi connectivity index (χ3v) is 2.47. The molecule has 4 nitrogen and oxygen atoms in total. The van der Waals surface area contributed by atoms with Gasteiger partial charge >= 0.3 is 5.97 Å². The van der Waals surface area contributed by atoms with Gasteiger partial charge in [0.2, 0.25) is 0 Å². The molecule has 3 N–H and O–H groups in total. The number of hydrogen-bond acceptors (Lipinski definition) is 3. The van der Waals surface area contributed by atoms with Crippen LogP contribution in [0.3, 0.4) is 0 Å². The molecule has 0 aliphatic carbocycles. The number of carbonyl (C=O) groups is 1. The molecule has 0 saturated carbocycles. The van der Waals surface area contributed by atoms with E-state index >= 15 is 0 Å². The lowest BCUT2D eigenvalue weighted by molar-refractivity contribution is -0.138. The van der Waals surface area contributed by atoms with Crippen LogP contribution in [0.15, 0.2) is 0 Å². The summed E-state index contributed by atoms with van der Waals surface area (Å²) in [6, 6.07) is -0.692. The first kappa shape index (κ1) is 10.5. The molecular formula is C9H17NO3. The van der Waals surface area contributed by atoms with Gasteiger partial charge in [0.05, 0.1) is 0 Å². The molecule has 0 aromatic heterocycles. The number of aliphatic carboxylic acids is 1. The minimum atomic E-state index is -0.900.